The Morgan fingerprint density at radius 2 is 0.833 bits per heavy atom. The van der Waals surface area contributed by atoms with E-state index in [0.717, 1.165) is 99.3 Å². The topological polar surface area (TPSA) is 56.2 Å². The maximum Gasteiger partial charge on any atom is 0.164 e. The summed E-state index contributed by atoms with van der Waals surface area (Å²) in [5, 5.41) is 9.32. The van der Waals surface area contributed by atoms with E-state index in [1.54, 1.807) is 0 Å². The van der Waals surface area contributed by atoms with E-state index >= 15 is 0 Å². The molecule has 0 unspecified atom stereocenters. The van der Waals surface area contributed by atoms with E-state index < -0.39 is 0 Å². The van der Waals surface area contributed by atoms with Gasteiger partial charge in [0.15, 0.2) is 17.5 Å². The summed E-state index contributed by atoms with van der Waals surface area (Å²) in [4.78, 5) is 16.1. The molecule has 0 saturated carbocycles. The van der Waals surface area contributed by atoms with Gasteiger partial charge < -0.3 is 8.82 Å². The van der Waals surface area contributed by atoms with Gasteiger partial charge >= 0.3 is 0 Å². The highest BCUT2D eigenvalue weighted by Gasteiger charge is 2.23. The van der Waals surface area contributed by atoms with Crippen molar-refractivity contribution in [2.75, 3.05) is 0 Å². The fourth-order valence-electron chi connectivity index (χ4n) is 10.2. The third-order valence-corrected chi connectivity index (χ3v) is 13.3. The van der Waals surface area contributed by atoms with E-state index in [2.05, 4.69) is 223 Å². The lowest BCUT2D eigenvalue weighted by molar-refractivity contribution is 0.669. The highest BCUT2D eigenvalue weighted by Crippen LogP contribution is 2.45. The van der Waals surface area contributed by atoms with Gasteiger partial charge in [-0.15, -0.1) is 0 Å². The van der Waals surface area contributed by atoms with Crippen molar-refractivity contribution < 1.29 is 4.42 Å². The minimum atomic E-state index is 0.602. The van der Waals surface area contributed by atoms with Crippen LogP contribution in [0.2, 0.25) is 0 Å². The summed E-state index contributed by atoms with van der Waals surface area (Å²) >= 11 is 0. The van der Waals surface area contributed by atoms with Crippen molar-refractivity contribution in [2.45, 2.75) is 0 Å². The van der Waals surface area contributed by atoms with Crippen LogP contribution in [-0.4, -0.2) is 19.4 Å². The molecule has 14 rings (SSSR count). The summed E-state index contributed by atoms with van der Waals surface area (Å²) < 4.78 is 8.95. The normalized spacial score (nSPS) is 11.9. The van der Waals surface area contributed by atoms with Crippen LogP contribution in [0.3, 0.4) is 0 Å². The van der Waals surface area contributed by atoms with Crippen molar-refractivity contribution >= 4 is 70.8 Å². The Balaban J connectivity index is 1.01. The predicted octanol–water partition coefficient (Wildman–Crippen LogP) is 16.1. The minimum Gasteiger partial charge on any atom is -0.456 e. The molecule has 0 N–H and O–H groups in total. The molecule has 10 aromatic carbocycles. The molecule has 4 heterocycles. The van der Waals surface area contributed by atoms with Gasteiger partial charge in [-0.05, 0) is 122 Å². The molecule has 14 aromatic rings. The van der Waals surface area contributed by atoms with E-state index in [0.29, 0.717) is 17.5 Å². The Kier molecular flexibility index (Phi) is 7.91. The zero-order valence-electron chi connectivity index (χ0n) is 35.5. The summed E-state index contributed by atoms with van der Waals surface area (Å²) in [7, 11) is 0. The van der Waals surface area contributed by atoms with Crippen LogP contribution in [0.5, 0.6) is 0 Å². The van der Waals surface area contributed by atoms with Crippen LogP contribution in [0.4, 0.5) is 0 Å². The number of rotatable bonds is 6. The van der Waals surface area contributed by atoms with Crippen LogP contribution in [0.15, 0.2) is 223 Å². The number of fused-ring (bicyclic) bond motifs is 7. The molecule has 0 bridgehead atoms. The maximum atomic E-state index is 6.53. The third kappa shape index (κ3) is 5.70. The van der Waals surface area contributed by atoms with Crippen LogP contribution in [0.25, 0.3) is 138 Å². The van der Waals surface area contributed by atoms with E-state index in [9.17, 15) is 0 Å². The Bertz CT molecular complexity index is 4150. The zero-order chi connectivity index (χ0) is 43.3. The molecular formula is C61H36N4O. The first-order valence-electron chi connectivity index (χ1n) is 22.3. The third-order valence-electron chi connectivity index (χ3n) is 13.3. The highest BCUT2D eigenvalue weighted by atomic mass is 16.3. The summed E-state index contributed by atoms with van der Waals surface area (Å²) in [6.45, 7) is 0. The second-order valence-electron chi connectivity index (χ2n) is 17.2. The molecule has 5 nitrogen and oxygen atoms in total. The van der Waals surface area contributed by atoms with Gasteiger partial charge in [-0.25, -0.2) is 15.0 Å². The van der Waals surface area contributed by atoms with E-state index in [1.165, 1.54) is 21.5 Å². The molecule has 0 aliphatic rings. The number of aromatic nitrogens is 4. The Morgan fingerprint density at radius 1 is 0.288 bits per heavy atom. The monoisotopic (exact) mass is 840 g/mol. The van der Waals surface area contributed by atoms with Gasteiger partial charge in [0.2, 0.25) is 0 Å². The quantitative estimate of drug-likeness (QED) is 0.167. The van der Waals surface area contributed by atoms with Gasteiger partial charge in [0.1, 0.15) is 11.2 Å². The van der Waals surface area contributed by atoms with Crippen LogP contribution in [0.1, 0.15) is 0 Å². The molecule has 0 saturated heterocycles. The fraction of sp³-hybridized carbons (Fsp3) is 0. The van der Waals surface area contributed by atoms with Crippen molar-refractivity contribution in [2.24, 2.45) is 0 Å². The summed E-state index contributed by atoms with van der Waals surface area (Å²) in [6, 6.07) is 77.5. The molecular weight excluding hydrogens is 805 g/mol. The summed E-state index contributed by atoms with van der Waals surface area (Å²) in [5.74, 6) is 1.81. The number of hydrogen-bond acceptors (Lipinski definition) is 4. The largest absolute Gasteiger partial charge is 0.456 e. The smallest absolute Gasteiger partial charge is 0.164 e. The van der Waals surface area contributed by atoms with E-state index in [4.69, 9.17) is 19.4 Å². The van der Waals surface area contributed by atoms with Crippen molar-refractivity contribution in [1.29, 1.82) is 0 Å². The predicted molar refractivity (Wildman–Crippen MR) is 272 cm³/mol. The van der Waals surface area contributed by atoms with Gasteiger partial charge in [0.25, 0.3) is 0 Å². The van der Waals surface area contributed by atoms with Gasteiger partial charge in [-0.1, -0.05) is 146 Å². The Morgan fingerprint density at radius 3 is 1.62 bits per heavy atom. The average Bonchev–Trinajstić information content (AvgIpc) is 3.90. The lowest BCUT2D eigenvalue weighted by atomic mass is 9.95. The number of hydrogen-bond donors (Lipinski definition) is 0. The average molecular weight is 841 g/mol. The molecule has 0 spiro atoms. The van der Waals surface area contributed by atoms with E-state index in [-0.39, 0.29) is 0 Å². The zero-order valence-corrected chi connectivity index (χ0v) is 35.5. The number of benzene rings is 10. The molecule has 0 atom stereocenters. The first-order valence-corrected chi connectivity index (χ1v) is 22.3. The van der Waals surface area contributed by atoms with Crippen LogP contribution < -0.4 is 0 Å². The molecule has 306 valence electrons. The molecule has 0 radical (unpaired) electrons. The van der Waals surface area contributed by atoms with Crippen molar-refractivity contribution in [1.82, 2.24) is 19.4 Å². The van der Waals surface area contributed by atoms with Crippen LogP contribution >= 0.6 is 0 Å². The number of nitrogens with zero attached hydrogens (tertiary/aromatic N) is 4. The molecule has 4 aromatic heterocycles. The number of para-hydroxylation sites is 1. The van der Waals surface area contributed by atoms with Crippen molar-refractivity contribution in [3.05, 3.63) is 218 Å². The van der Waals surface area contributed by atoms with E-state index in [1.807, 2.05) is 0 Å². The van der Waals surface area contributed by atoms with Crippen LogP contribution in [-0.2, 0) is 0 Å². The summed E-state index contributed by atoms with van der Waals surface area (Å²) in [5.41, 5.74) is 14.5. The first-order chi connectivity index (χ1) is 32.7. The highest BCUT2D eigenvalue weighted by molar-refractivity contribution is 6.31. The van der Waals surface area contributed by atoms with Crippen LogP contribution in [0, 0.1) is 0 Å². The van der Waals surface area contributed by atoms with Crippen molar-refractivity contribution in [3.8, 4) is 67.5 Å². The second kappa shape index (κ2) is 14.3. The lowest BCUT2D eigenvalue weighted by Gasteiger charge is -2.13. The molecule has 0 aliphatic carbocycles. The fourth-order valence-corrected chi connectivity index (χ4v) is 10.2. The van der Waals surface area contributed by atoms with Gasteiger partial charge in [-0.2, -0.15) is 0 Å². The molecule has 0 aliphatic heterocycles. The lowest BCUT2D eigenvalue weighted by Crippen LogP contribution is -2.01. The summed E-state index contributed by atoms with van der Waals surface area (Å²) in [6.07, 6.45) is 0. The van der Waals surface area contributed by atoms with Crippen molar-refractivity contribution in [3.63, 3.8) is 0 Å². The molecule has 0 fully saturated rings. The molecule has 5 heteroatoms. The van der Waals surface area contributed by atoms with Gasteiger partial charge in [0.05, 0.1) is 21.9 Å². The maximum absolute atomic E-state index is 6.53. The van der Waals surface area contributed by atoms with Gasteiger partial charge in [-0.3, -0.25) is 0 Å². The molecule has 66 heavy (non-hydrogen) atoms. The Labute approximate surface area is 378 Å². The molecule has 0 amide bonds. The first kappa shape index (κ1) is 36.5. The number of furan rings is 1. The van der Waals surface area contributed by atoms with Gasteiger partial charge in [0, 0.05) is 38.2 Å². The Hall–Kier alpha value is -8.93. The minimum absolute atomic E-state index is 0.602. The second-order valence-corrected chi connectivity index (χ2v) is 17.2. The SMILES string of the molecule is c1ccc(-c2cc(-c3ccccc3)cc(-c3nc(-c4cccc(-c5ccc6ccccc6c5)c4)nc(-c4ccc5c(c4)c4ccc6oc7cccc8c9ccccc9n5c4c6c78)n3)c2)cc1. The standard InChI is InChI=1S/C61H36N4O/c1-3-13-37(14-4-1)45-33-46(38-15-5-2-6-16-38)35-47(34-45)61-63-59(43-20-11-19-41(32-43)42-26-25-39-17-7-8-18-40(39)31-42)62-60(64-61)44-27-29-53-51(36-44)50-28-30-55-57-56-49(22-12-24-54(56)66-55)48-21-9-10-23-52(48)65(53)58(50)57/h1-36H.